The molecule has 0 saturated carbocycles. The van der Waals surface area contributed by atoms with E-state index < -0.39 is 11.6 Å². The monoisotopic (exact) mass is 335 g/mol. The van der Waals surface area contributed by atoms with E-state index in [0.717, 1.165) is 12.8 Å². The molecule has 1 aromatic rings. The average Bonchev–Trinajstić information content (AvgIpc) is 2.91. The van der Waals surface area contributed by atoms with Crippen molar-refractivity contribution in [2.75, 3.05) is 13.2 Å². The van der Waals surface area contributed by atoms with Crippen LogP contribution in [0.2, 0.25) is 0 Å². The van der Waals surface area contributed by atoms with E-state index in [1.807, 2.05) is 20.8 Å². The number of benzene rings is 1. The van der Waals surface area contributed by atoms with Gasteiger partial charge >= 0.3 is 12.1 Å². The largest absolute Gasteiger partial charge is 0.491 e. The molecule has 0 aromatic heterocycles. The molecule has 1 aliphatic heterocycles. The summed E-state index contributed by atoms with van der Waals surface area (Å²) in [6.07, 6.45) is 1.44. The lowest BCUT2D eigenvalue weighted by molar-refractivity contribution is -0.136. The maximum Gasteiger partial charge on any atom is 0.410 e. The normalized spacial score (nSPS) is 17.6. The van der Waals surface area contributed by atoms with Crippen LogP contribution < -0.4 is 4.74 Å². The molecule has 1 amide bonds. The van der Waals surface area contributed by atoms with Crippen molar-refractivity contribution in [1.29, 1.82) is 0 Å². The third-order valence-corrected chi connectivity index (χ3v) is 3.70. The van der Waals surface area contributed by atoms with Gasteiger partial charge in [0.15, 0.2) is 0 Å². The number of likely N-dealkylation sites (tertiary alicyclic amines) is 1. The van der Waals surface area contributed by atoms with Gasteiger partial charge in [-0.05, 0) is 51.3 Å². The number of amides is 1. The zero-order valence-electron chi connectivity index (χ0n) is 14.4. The second-order valence-corrected chi connectivity index (χ2v) is 7.00. The van der Waals surface area contributed by atoms with E-state index in [1.54, 1.807) is 29.2 Å². The minimum Gasteiger partial charge on any atom is -0.491 e. The summed E-state index contributed by atoms with van der Waals surface area (Å²) in [5, 5.41) is 8.85. The lowest BCUT2D eigenvalue weighted by Gasteiger charge is -2.28. The van der Waals surface area contributed by atoms with Gasteiger partial charge in [0.05, 0.1) is 12.5 Å². The maximum absolute atomic E-state index is 12.2. The van der Waals surface area contributed by atoms with Gasteiger partial charge in [0.1, 0.15) is 18.0 Å². The van der Waals surface area contributed by atoms with E-state index in [2.05, 4.69) is 0 Å². The standard InChI is InChI=1S/C18H25NO5/c1-18(2,3)24-17(22)19-9-5-7-14(19)12-23-15-8-4-6-13(10-15)11-16(20)21/h4,6,8,10,14H,5,7,9,11-12H2,1-3H3,(H,20,21). The summed E-state index contributed by atoms with van der Waals surface area (Å²) in [4.78, 5) is 24.7. The van der Waals surface area contributed by atoms with Gasteiger partial charge in [0.2, 0.25) is 0 Å². The van der Waals surface area contributed by atoms with E-state index in [4.69, 9.17) is 14.6 Å². The number of rotatable bonds is 5. The molecule has 1 heterocycles. The van der Waals surface area contributed by atoms with Crippen LogP contribution in [-0.2, 0) is 16.0 Å². The lowest BCUT2D eigenvalue weighted by Crippen LogP contribution is -2.42. The van der Waals surface area contributed by atoms with E-state index >= 15 is 0 Å². The van der Waals surface area contributed by atoms with Crippen molar-refractivity contribution < 1.29 is 24.2 Å². The van der Waals surface area contributed by atoms with Crippen LogP contribution in [-0.4, -0.2) is 46.9 Å². The van der Waals surface area contributed by atoms with Crippen LogP contribution in [0.25, 0.3) is 0 Å². The second-order valence-electron chi connectivity index (χ2n) is 7.00. The van der Waals surface area contributed by atoms with Gasteiger partial charge < -0.3 is 19.5 Å². The molecule has 2 rings (SSSR count). The van der Waals surface area contributed by atoms with Crippen molar-refractivity contribution in [3.05, 3.63) is 29.8 Å². The predicted molar refractivity (Wildman–Crippen MR) is 89.2 cm³/mol. The van der Waals surface area contributed by atoms with E-state index in [1.165, 1.54) is 0 Å². The highest BCUT2D eigenvalue weighted by Gasteiger charge is 2.32. The smallest absolute Gasteiger partial charge is 0.410 e. The second kappa shape index (κ2) is 7.55. The molecule has 6 heteroatoms. The maximum atomic E-state index is 12.2. The highest BCUT2D eigenvalue weighted by atomic mass is 16.6. The third kappa shape index (κ3) is 5.44. The number of carboxylic acid groups (broad SMARTS) is 1. The molecule has 0 spiro atoms. The molecule has 24 heavy (non-hydrogen) atoms. The van der Waals surface area contributed by atoms with Crippen molar-refractivity contribution in [3.8, 4) is 5.75 Å². The predicted octanol–water partition coefficient (Wildman–Crippen LogP) is 3.09. The molecule has 0 bridgehead atoms. The highest BCUT2D eigenvalue weighted by Crippen LogP contribution is 2.22. The van der Waals surface area contributed by atoms with Crippen LogP contribution in [0, 0.1) is 0 Å². The quantitative estimate of drug-likeness (QED) is 0.895. The number of hydrogen-bond acceptors (Lipinski definition) is 4. The zero-order valence-corrected chi connectivity index (χ0v) is 14.4. The van der Waals surface area contributed by atoms with Gasteiger partial charge in [-0.25, -0.2) is 4.79 Å². The molecule has 1 saturated heterocycles. The first-order chi connectivity index (χ1) is 11.2. The summed E-state index contributed by atoms with van der Waals surface area (Å²) in [7, 11) is 0. The zero-order chi connectivity index (χ0) is 17.7. The molecular weight excluding hydrogens is 310 g/mol. The molecule has 1 fully saturated rings. The molecule has 1 unspecified atom stereocenters. The van der Waals surface area contributed by atoms with Gasteiger partial charge in [-0.15, -0.1) is 0 Å². The van der Waals surface area contributed by atoms with Gasteiger partial charge in [0, 0.05) is 6.54 Å². The number of carbonyl (C=O) groups excluding carboxylic acids is 1. The molecule has 1 N–H and O–H groups in total. The van der Waals surface area contributed by atoms with Crippen molar-refractivity contribution in [2.24, 2.45) is 0 Å². The summed E-state index contributed by atoms with van der Waals surface area (Å²) < 4.78 is 11.2. The number of nitrogens with zero attached hydrogens (tertiary/aromatic N) is 1. The molecule has 1 aromatic carbocycles. The topological polar surface area (TPSA) is 76.1 Å². The summed E-state index contributed by atoms with van der Waals surface area (Å²) in [6, 6.07) is 7.01. The van der Waals surface area contributed by atoms with Gasteiger partial charge in [-0.1, -0.05) is 12.1 Å². The highest BCUT2D eigenvalue weighted by molar-refractivity contribution is 5.70. The number of hydrogen-bond donors (Lipinski definition) is 1. The van der Waals surface area contributed by atoms with Gasteiger partial charge in [-0.3, -0.25) is 4.79 Å². The Kier molecular flexibility index (Phi) is 5.70. The Hall–Kier alpha value is -2.24. The van der Waals surface area contributed by atoms with Crippen LogP contribution in [0.4, 0.5) is 4.79 Å². The van der Waals surface area contributed by atoms with Crippen molar-refractivity contribution >= 4 is 12.1 Å². The van der Waals surface area contributed by atoms with E-state index in [9.17, 15) is 9.59 Å². The van der Waals surface area contributed by atoms with Crippen molar-refractivity contribution in [3.63, 3.8) is 0 Å². The Morgan fingerprint density at radius 3 is 2.75 bits per heavy atom. The molecule has 132 valence electrons. The van der Waals surface area contributed by atoms with E-state index in [0.29, 0.717) is 24.5 Å². The molecule has 1 atom stereocenters. The Balaban J connectivity index is 1.93. The lowest BCUT2D eigenvalue weighted by atomic mass is 10.1. The fourth-order valence-corrected chi connectivity index (χ4v) is 2.68. The Morgan fingerprint density at radius 1 is 1.33 bits per heavy atom. The SMILES string of the molecule is CC(C)(C)OC(=O)N1CCCC1COc1cccc(CC(=O)O)c1. The number of ether oxygens (including phenoxy) is 2. The minimum atomic E-state index is -0.876. The van der Waals surface area contributed by atoms with Crippen LogP contribution in [0.1, 0.15) is 39.2 Å². The summed E-state index contributed by atoms with van der Waals surface area (Å²) in [5.74, 6) is -0.260. The van der Waals surface area contributed by atoms with E-state index in [-0.39, 0.29) is 18.6 Å². The summed E-state index contributed by atoms with van der Waals surface area (Å²) in [5.41, 5.74) is 0.173. The number of aliphatic carboxylic acids is 1. The molecule has 0 aliphatic carbocycles. The summed E-state index contributed by atoms with van der Waals surface area (Å²) in [6.45, 7) is 6.58. The van der Waals surface area contributed by atoms with Crippen LogP contribution >= 0.6 is 0 Å². The van der Waals surface area contributed by atoms with Crippen LogP contribution in [0.3, 0.4) is 0 Å². The van der Waals surface area contributed by atoms with Crippen molar-refractivity contribution in [1.82, 2.24) is 4.90 Å². The molecule has 6 nitrogen and oxygen atoms in total. The van der Waals surface area contributed by atoms with Crippen molar-refractivity contribution in [2.45, 2.75) is 51.7 Å². The first kappa shape index (κ1) is 18.1. The summed E-state index contributed by atoms with van der Waals surface area (Å²) >= 11 is 0. The fraction of sp³-hybridized carbons (Fsp3) is 0.556. The minimum absolute atomic E-state index is 0.0250. The van der Waals surface area contributed by atoms with Gasteiger partial charge in [0.25, 0.3) is 0 Å². The average molecular weight is 335 g/mol. The molecular formula is C18H25NO5. The van der Waals surface area contributed by atoms with Crippen LogP contribution in [0.5, 0.6) is 5.75 Å². The Bertz CT molecular complexity index is 593. The fourth-order valence-electron chi connectivity index (χ4n) is 2.68. The number of carboxylic acids is 1. The molecule has 0 radical (unpaired) electrons. The Morgan fingerprint density at radius 2 is 2.08 bits per heavy atom. The Labute approximate surface area is 142 Å². The third-order valence-electron chi connectivity index (χ3n) is 3.70. The molecule has 1 aliphatic rings. The first-order valence-electron chi connectivity index (χ1n) is 8.18. The van der Waals surface area contributed by atoms with Gasteiger partial charge in [-0.2, -0.15) is 0 Å². The first-order valence-corrected chi connectivity index (χ1v) is 8.18. The number of carbonyl (C=O) groups is 2. The van der Waals surface area contributed by atoms with Crippen LogP contribution in [0.15, 0.2) is 24.3 Å².